The number of thioether (sulfide) groups is 1. The van der Waals surface area contributed by atoms with Crippen LogP contribution in [-0.4, -0.2) is 34.8 Å². The van der Waals surface area contributed by atoms with Crippen molar-refractivity contribution in [2.75, 3.05) is 12.8 Å². The Morgan fingerprint density at radius 3 is 3.00 bits per heavy atom. The van der Waals surface area contributed by atoms with Gasteiger partial charge in [0.2, 0.25) is 0 Å². The number of carboxylic acid groups (broad SMARTS) is 1. The third-order valence-corrected chi connectivity index (χ3v) is 5.79. The van der Waals surface area contributed by atoms with Gasteiger partial charge in [0.25, 0.3) is 0 Å². The minimum atomic E-state index is -0.650. The lowest BCUT2D eigenvalue weighted by Gasteiger charge is -2.37. The fourth-order valence-electron chi connectivity index (χ4n) is 2.52. The summed E-state index contributed by atoms with van der Waals surface area (Å²) in [5.41, 5.74) is 0. The van der Waals surface area contributed by atoms with Crippen molar-refractivity contribution in [2.45, 2.75) is 36.6 Å². The number of aliphatic carboxylic acids is 1. The summed E-state index contributed by atoms with van der Waals surface area (Å²) in [6.07, 6.45) is 3.88. The molecule has 100 valence electrons. The van der Waals surface area contributed by atoms with Crippen LogP contribution < -0.4 is 0 Å². The zero-order valence-electron chi connectivity index (χ0n) is 10.8. The lowest BCUT2D eigenvalue weighted by molar-refractivity contribution is -0.145. The highest BCUT2D eigenvalue weighted by Crippen LogP contribution is 2.29. The van der Waals surface area contributed by atoms with E-state index in [4.69, 9.17) is 0 Å². The van der Waals surface area contributed by atoms with Gasteiger partial charge in [-0.1, -0.05) is 0 Å². The first-order valence-electron chi connectivity index (χ1n) is 6.21. The average molecular weight is 285 g/mol. The zero-order chi connectivity index (χ0) is 13.1. The number of rotatable bonds is 4. The number of carbonyl (C=O) groups is 1. The van der Waals surface area contributed by atoms with E-state index in [1.165, 1.54) is 9.09 Å². The Balaban J connectivity index is 2.01. The summed E-state index contributed by atoms with van der Waals surface area (Å²) in [7, 11) is 0. The Hall–Kier alpha value is -0.520. The highest BCUT2D eigenvalue weighted by atomic mass is 32.2. The Morgan fingerprint density at radius 1 is 1.61 bits per heavy atom. The molecule has 1 aromatic rings. The van der Waals surface area contributed by atoms with E-state index < -0.39 is 5.97 Å². The molecule has 1 aliphatic rings. The second-order valence-electron chi connectivity index (χ2n) is 4.72. The fraction of sp³-hybridized carbons (Fsp3) is 0.615. The predicted molar refractivity (Wildman–Crippen MR) is 76.3 cm³/mol. The molecule has 1 fully saturated rings. The van der Waals surface area contributed by atoms with E-state index in [1.54, 1.807) is 11.8 Å². The van der Waals surface area contributed by atoms with Gasteiger partial charge in [-0.05, 0) is 44.7 Å². The van der Waals surface area contributed by atoms with Crippen LogP contribution in [0.25, 0.3) is 0 Å². The van der Waals surface area contributed by atoms with E-state index in [2.05, 4.69) is 23.3 Å². The van der Waals surface area contributed by atoms with Crippen LogP contribution in [0.1, 0.15) is 24.6 Å². The Labute approximate surface area is 116 Å². The van der Waals surface area contributed by atoms with E-state index >= 15 is 0 Å². The molecule has 0 bridgehead atoms. The van der Waals surface area contributed by atoms with Gasteiger partial charge in [0.1, 0.15) is 0 Å². The summed E-state index contributed by atoms with van der Waals surface area (Å²) < 4.78 is 1.32. The summed E-state index contributed by atoms with van der Waals surface area (Å²) in [5, 5.41) is 9.21. The topological polar surface area (TPSA) is 40.5 Å². The monoisotopic (exact) mass is 285 g/mol. The minimum Gasteiger partial charge on any atom is -0.481 e. The van der Waals surface area contributed by atoms with E-state index in [0.717, 1.165) is 25.9 Å². The molecule has 0 radical (unpaired) electrons. The maximum atomic E-state index is 11.2. The standard InChI is InChI=1S/C13H19NO2S2/c1-9-11(13(15)16)4-3-7-14(9)8-10-5-6-12(17-2)18-10/h5-6,9,11H,3-4,7-8H2,1-2H3,(H,15,16)/t9-,11-/m0/s1. The third kappa shape index (κ3) is 3.08. The summed E-state index contributed by atoms with van der Waals surface area (Å²) in [6.45, 7) is 3.94. The van der Waals surface area contributed by atoms with Gasteiger partial charge in [0.15, 0.2) is 0 Å². The summed E-state index contributed by atoms with van der Waals surface area (Å²) in [4.78, 5) is 14.8. The lowest BCUT2D eigenvalue weighted by Crippen LogP contribution is -2.45. The molecule has 1 saturated heterocycles. The molecular formula is C13H19NO2S2. The van der Waals surface area contributed by atoms with Gasteiger partial charge >= 0.3 is 5.97 Å². The minimum absolute atomic E-state index is 0.135. The normalized spacial score (nSPS) is 25.2. The molecule has 1 N–H and O–H groups in total. The highest BCUT2D eigenvalue weighted by molar-refractivity contribution is 8.00. The zero-order valence-corrected chi connectivity index (χ0v) is 12.4. The number of nitrogens with zero attached hydrogens (tertiary/aromatic N) is 1. The lowest BCUT2D eigenvalue weighted by atomic mass is 9.90. The fourth-order valence-corrected chi connectivity index (χ4v) is 4.14. The smallest absolute Gasteiger partial charge is 0.308 e. The molecule has 1 aliphatic heterocycles. The molecule has 0 unspecified atom stereocenters. The van der Waals surface area contributed by atoms with Crippen molar-refractivity contribution in [3.63, 3.8) is 0 Å². The second-order valence-corrected chi connectivity index (χ2v) is 7.00. The van der Waals surface area contributed by atoms with E-state index in [1.807, 2.05) is 18.3 Å². The molecule has 0 spiro atoms. The van der Waals surface area contributed by atoms with E-state index in [0.29, 0.717) is 0 Å². The van der Waals surface area contributed by atoms with Crippen molar-refractivity contribution >= 4 is 29.1 Å². The predicted octanol–water partition coefficient (Wildman–Crippen LogP) is 3.16. The Bertz CT molecular complexity index is 419. The largest absolute Gasteiger partial charge is 0.481 e. The molecule has 0 saturated carbocycles. The van der Waals surface area contributed by atoms with Crippen molar-refractivity contribution in [1.29, 1.82) is 0 Å². The van der Waals surface area contributed by atoms with Crippen molar-refractivity contribution in [1.82, 2.24) is 4.90 Å². The van der Waals surface area contributed by atoms with E-state index in [9.17, 15) is 9.90 Å². The number of hydrogen-bond acceptors (Lipinski definition) is 4. The summed E-state index contributed by atoms with van der Waals surface area (Å²) in [6, 6.07) is 4.44. The van der Waals surface area contributed by atoms with Gasteiger partial charge in [0.05, 0.1) is 10.1 Å². The Kier molecular flexibility index (Phi) is 4.70. The number of carboxylic acids is 1. The van der Waals surface area contributed by atoms with Crippen LogP contribution in [0.4, 0.5) is 0 Å². The quantitative estimate of drug-likeness (QED) is 0.863. The van der Waals surface area contributed by atoms with Gasteiger partial charge in [-0.15, -0.1) is 23.1 Å². The van der Waals surface area contributed by atoms with Crippen LogP contribution in [-0.2, 0) is 11.3 Å². The van der Waals surface area contributed by atoms with Crippen molar-refractivity contribution in [3.8, 4) is 0 Å². The first kappa shape index (κ1) is 13.9. The van der Waals surface area contributed by atoms with Crippen molar-refractivity contribution in [2.24, 2.45) is 5.92 Å². The van der Waals surface area contributed by atoms with Crippen LogP contribution in [0.3, 0.4) is 0 Å². The van der Waals surface area contributed by atoms with Gasteiger partial charge in [0, 0.05) is 17.5 Å². The summed E-state index contributed by atoms with van der Waals surface area (Å²) >= 11 is 3.58. The second kappa shape index (κ2) is 6.08. The molecule has 2 heterocycles. The average Bonchev–Trinajstić information content (AvgIpc) is 2.79. The molecule has 5 heteroatoms. The van der Waals surface area contributed by atoms with Crippen LogP contribution in [0.5, 0.6) is 0 Å². The number of likely N-dealkylation sites (tertiary alicyclic amines) is 1. The maximum absolute atomic E-state index is 11.2. The molecule has 3 nitrogen and oxygen atoms in total. The van der Waals surface area contributed by atoms with Gasteiger partial charge in [-0.2, -0.15) is 0 Å². The van der Waals surface area contributed by atoms with Crippen LogP contribution in [0, 0.1) is 5.92 Å². The maximum Gasteiger partial charge on any atom is 0.308 e. The molecule has 1 aromatic heterocycles. The number of hydrogen-bond donors (Lipinski definition) is 1. The van der Waals surface area contributed by atoms with Crippen molar-refractivity contribution < 1.29 is 9.90 Å². The third-order valence-electron chi connectivity index (χ3n) is 3.63. The first-order chi connectivity index (χ1) is 8.61. The SMILES string of the molecule is CSc1ccc(CN2CCC[C@H](C(=O)O)[C@@H]2C)s1. The van der Waals surface area contributed by atoms with Gasteiger partial charge < -0.3 is 5.11 Å². The van der Waals surface area contributed by atoms with Crippen LogP contribution in [0.15, 0.2) is 16.3 Å². The molecule has 18 heavy (non-hydrogen) atoms. The van der Waals surface area contributed by atoms with Gasteiger partial charge in [-0.3, -0.25) is 9.69 Å². The molecule has 2 atom stereocenters. The van der Waals surface area contributed by atoms with Crippen molar-refractivity contribution in [3.05, 3.63) is 17.0 Å². The molecule has 0 amide bonds. The van der Waals surface area contributed by atoms with Gasteiger partial charge in [-0.25, -0.2) is 0 Å². The Morgan fingerprint density at radius 2 is 2.39 bits per heavy atom. The molecule has 2 rings (SSSR count). The highest BCUT2D eigenvalue weighted by Gasteiger charge is 2.32. The number of thiophene rings is 1. The van der Waals surface area contributed by atoms with Crippen LogP contribution in [0.2, 0.25) is 0 Å². The molecule has 0 aromatic carbocycles. The molecule has 0 aliphatic carbocycles. The van der Waals surface area contributed by atoms with Crippen LogP contribution >= 0.6 is 23.1 Å². The summed E-state index contributed by atoms with van der Waals surface area (Å²) in [5.74, 6) is -0.859. The number of piperidine rings is 1. The molecular weight excluding hydrogens is 266 g/mol. The van der Waals surface area contributed by atoms with E-state index in [-0.39, 0.29) is 12.0 Å². The first-order valence-corrected chi connectivity index (χ1v) is 8.25.